The van der Waals surface area contributed by atoms with Crippen molar-refractivity contribution < 1.29 is 14.3 Å². The number of nitrogens with one attached hydrogen (secondary N) is 1. The molecule has 0 saturated heterocycles. The third kappa shape index (κ3) is 4.57. The predicted octanol–water partition coefficient (Wildman–Crippen LogP) is 2.99. The molecule has 26 heavy (non-hydrogen) atoms. The molecule has 0 aliphatic heterocycles. The summed E-state index contributed by atoms with van der Waals surface area (Å²) < 4.78 is 10.9. The van der Waals surface area contributed by atoms with Crippen molar-refractivity contribution >= 4 is 5.91 Å². The summed E-state index contributed by atoms with van der Waals surface area (Å²) in [6.07, 6.45) is 3.31. The van der Waals surface area contributed by atoms with Crippen molar-refractivity contribution in [2.24, 2.45) is 0 Å². The molecule has 1 amide bonds. The van der Waals surface area contributed by atoms with Gasteiger partial charge in [0.15, 0.2) is 0 Å². The number of nitrogens with zero attached hydrogens (tertiary/aromatic N) is 2. The van der Waals surface area contributed by atoms with Crippen molar-refractivity contribution in [3.05, 3.63) is 83.8 Å². The van der Waals surface area contributed by atoms with Gasteiger partial charge in [0.25, 0.3) is 5.91 Å². The van der Waals surface area contributed by atoms with Crippen LogP contribution in [0.1, 0.15) is 21.6 Å². The van der Waals surface area contributed by atoms with Gasteiger partial charge in [0.1, 0.15) is 17.9 Å². The molecule has 6 nitrogen and oxygen atoms in total. The summed E-state index contributed by atoms with van der Waals surface area (Å²) in [6.45, 7) is 0.765. The van der Waals surface area contributed by atoms with Gasteiger partial charge in [0.05, 0.1) is 12.8 Å². The Bertz CT molecular complexity index is 869. The normalized spacial score (nSPS) is 10.2. The van der Waals surface area contributed by atoms with Crippen LogP contribution in [0.15, 0.2) is 67.0 Å². The smallest absolute Gasteiger partial charge is 0.257 e. The van der Waals surface area contributed by atoms with Gasteiger partial charge in [-0.1, -0.05) is 18.2 Å². The van der Waals surface area contributed by atoms with Crippen LogP contribution in [0, 0.1) is 0 Å². The highest BCUT2D eigenvalue weighted by Gasteiger charge is 2.12. The summed E-state index contributed by atoms with van der Waals surface area (Å²) in [6, 6.07) is 16.6. The summed E-state index contributed by atoms with van der Waals surface area (Å²) >= 11 is 0. The first-order valence-electron chi connectivity index (χ1n) is 8.15. The third-order valence-corrected chi connectivity index (χ3v) is 3.67. The number of carbonyl (C=O) groups is 1. The second-order valence-corrected chi connectivity index (χ2v) is 5.50. The van der Waals surface area contributed by atoms with Crippen LogP contribution in [0.5, 0.6) is 11.6 Å². The van der Waals surface area contributed by atoms with E-state index in [9.17, 15) is 4.79 Å². The molecular formula is C20H19N3O3. The highest BCUT2D eigenvalue weighted by Crippen LogP contribution is 2.16. The molecule has 0 saturated carbocycles. The zero-order chi connectivity index (χ0) is 18.2. The van der Waals surface area contributed by atoms with Gasteiger partial charge >= 0.3 is 0 Å². The van der Waals surface area contributed by atoms with Crippen molar-refractivity contribution in [3.8, 4) is 11.6 Å². The molecule has 2 aromatic heterocycles. The summed E-state index contributed by atoms with van der Waals surface area (Å²) in [5.74, 6) is 0.786. The van der Waals surface area contributed by atoms with E-state index in [-0.39, 0.29) is 5.91 Å². The predicted molar refractivity (Wildman–Crippen MR) is 97.0 cm³/mol. The minimum Gasteiger partial charge on any atom is -0.487 e. The number of hydrogen-bond donors (Lipinski definition) is 1. The van der Waals surface area contributed by atoms with E-state index in [0.717, 1.165) is 17.0 Å². The first kappa shape index (κ1) is 17.4. The van der Waals surface area contributed by atoms with Crippen molar-refractivity contribution in [3.63, 3.8) is 0 Å². The van der Waals surface area contributed by atoms with Gasteiger partial charge < -0.3 is 14.8 Å². The number of methoxy groups -OCH3 is 1. The summed E-state index contributed by atoms with van der Waals surface area (Å²) in [5, 5.41) is 2.86. The van der Waals surface area contributed by atoms with Crippen molar-refractivity contribution in [1.82, 2.24) is 15.3 Å². The molecule has 0 spiro atoms. The van der Waals surface area contributed by atoms with Crippen molar-refractivity contribution in [2.75, 3.05) is 7.11 Å². The topological polar surface area (TPSA) is 73.3 Å². The second-order valence-electron chi connectivity index (χ2n) is 5.50. The minimum absolute atomic E-state index is 0.241. The Balaban J connectivity index is 1.59. The van der Waals surface area contributed by atoms with E-state index < -0.39 is 0 Å². The Hall–Kier alpha value is -3.41. The van der Waals surface area contributed by atoms with Gasteiger partial charge in [0.2, 0.25) is 5.88 Å². The van der Waals surface area contributed by atoms with E-state index in [4.69, 9.17) is 9.47 Å². The lowest BCUT2D eigenvalue weighted by atomic mass is 10.2. The van der Waals surface area contributed by atoms with E-state index in [2.05, 4.69) is 15.3 Å². The fourth-order valence-corrected chi connectivity index (χ4v) is 2.39. The Kier molecular flexibility index (Phi) is 5.77. The second kappa shape index (κ2) is 8.62. The van der Waals surface area contributed by atoms with Gasteiger partial charge in [-0.05, 0) is 42.0 Å². The highest BCUT2D eigenvalue weighted by atomic mass is 16.5. The third-order valence-electron chi connectivity index (χ3n) is 3.67. The van der Waals surface area contributed by atoms with Crippen LogP contribution >= 0.6 is 0 Å². The minimum atomic E-state index is -0.241. The molecule has 0 aliphatic carbocycles. The van der Waals surface area contributed by atoms with Crippen LogP contribution in [-0.2, 0) is 13.2 Å². The Morgan fingerprint density at radius 2 is 1.92 bits per heavy atom. The maximum absolute atomic E-state index is 12.3. The van der Waals surface area contributed by atoms with Gasteiger partial charge in [-0.2, -0.15) is 0 Å². The Morgan fingerprint density at radius 1 is 1.04 bits per heavy atom. The van der Waals surface area contributed by atoms with Crippen molar-refractivity contribution in [2.45, 2.75) is 13.2 Å². The molecule has 0 fully saturated rings. The zero-order valence-corrected chi connectivity index (χ0v) is 14.4. The molecule has 0 atom stereocenters. The van der Waals surface area contributed by atoms with Gasteiger partial charge in [0, 0.05) is 18.9 Å². The van der Waals surface area contributed by atoms with Crippen molar-refractivity contribution in [1.29, 1.82) is 0 Å². The maximum Gasteiger partial charge on any atom is 0.257 e. The Morgan fingerprint density at radius 3 is 2.73 bits per heavy atom. The van der Waals surface area contributed by atoms with E-state index in [0.29, 0.717) is 24.6 Å². The largest absolute Gasteiger partial charge is 0.487 e. The lowest BCUT2D eigenvalue weighted by molar-refractivity contribution is 0.0947. The molecule has 0 radical (unpaired) electrons. The average Bonchev–Trinajstić information content (AvgIpc) is 2.71. The van der Waals surface area contributed by atoms with E-state index in [1.165, 1.54) is 7.11 Å². The van der Waals surface area contributed by atoms with E-state index in [1.54, 1.807) is 24.5 Å². The number of rotatable bonds is 7. The number of hydrogen-bond acceptors (Lipinski definition) is 5. The number of ether oxygens (including phenoxy) is 2. The van der Waals surface area contributed by atoms with E-state index >= 15 is 0 Å². The molecule has 0 aliphatic rings. The number of amides is 1. The van der Waals surface area contributed by atoms with Crippen LogP contribution in [-0.4, -0.2) is 23.0 Å². The molecule has 2 heterocycles. The number of pyridine rings is 2. The van der Waals surface area contributed by atoms with Crippen LogP contribution in [0.2, 0.25) is 0 Å². The molecule has 132 valence electrons. The van der Waals surface area contributed by atoms with Gasteiger partial charge in [-0.15, -0.1) is 0 Å². The maximum atomic E-state index is 12.3. The molecule has 3 rings (SSSR count). The fraction of sp³-hybridized carbons (Fsp3) is 0.150. The Labute approximate surface area is 151 Å². The SMILES string of the molecule is COc1ncccc1C(=O)NCc1cccc(OCc2ccccn2)c1. The van der Waals surface area contributed by atoms with Crippen LogP contribution in [0.4, 0.5) is 0 Å². The first-order chi connectivity index (χ1) is 12.8. The molecular weight excluding hydrogens is 330 g/mol. The molecule has 3 aromatic rings. The summed E-state index contributed by atoms with van der Waals surface area (Å²) in [4.78, 5) is 20.6. The van der Waals surface area contributed by atoms with Crippen LogP contribution < -0.4 is 14.8 Å². The number of carbonyl (C=O) groups excluding carboxylic acids is 1. The molecule has 0 unspecified atom stereocenters. The number of benzene rings is 1. The standard InChI is InChI=1S/C20H19N3O3/c1-25-20-18(9-5-11-22-20)19(24)23-13-15-6-4-8-17(12-15)26-14-16-7-2-3-10-21-16/h2-12H,13-14H2,1H3,(H,23,24). The monoisotopic (exact) mass is 349 g/mol. The lowest BCUT2D eigenvalue weighted by Crippen LogP contribution is -2.23. The summed E-state index contributed by atoms with van der Waals surface area (Å²) in [5.41, 5.74) is 2.19. The zero-order valence-electron chi connectivity index (χ0n) is 14.4. The molecule has 1 N–H and O–H groups in total. The van der Waals surface area contributed by atoms with E-state index in [1.807, 2.05) is 42.5 Å². The molecule has 1 aromatic carbocycles. The molecule has 6 heteroatoms. The summed E-state index contributed by atoms with van der Waals surface area (Å²) in [7, 11) is 1.49. The van der Waals surface area contributed by atoms with Crippen LogP contribution in [0.3, 0.4) is 0 Å². The first-order valence-corrected chi connectivity index (χ1v) is 8.15. The lowest BCUT2D eigenvalue weighted by Gasteiger charge is -2.10. The average molecular weight is 349 g/mol. The fourth-order valence-electron chi connectivity index (χ4n) is 2.39. The van der Waals surface area contributed by atoms with Gasteiger partial charge in [-0.25, -0.2) is 4.98 Å². The van der Waals surface area contributed by atoms with Gasteiger partial charge in [-0.3, -0.25) is 9.78 Å². The highest BCUT2D eigenvalue weighted by molar-refractivity contribution is 5.96. The molecule has 0 bridgehead atoms. The quantitative estimate of drug-likeness (QED) is 0.710. The van der Waals surface area contributed by atoms with Crippen LogP contribution in [0.25, 0.3) is 0 Å². The number of aromatic nitrogens is 2.